The summed E-state index contributed by atoms with van der Waals surface area (Å²) in [6.45, 7) is 2.82. The van der Waals surface area contributed by atoms with Gasteiger partial charge in [0.2, 0.25) is 0 Å². The zero-order chi connectivity index (χ0) is 10.7. The third kappa shape index (κ3) is 1.98. The highest BCUT2D eigenvalue weighted by atomic mass is 16.5. The molecule has 15 heavy (non-hydrogen) atoms. The molecule has 0 radical (unpaired) electrons. The molecule has 0 aromatic carbocycles. The lowest BCUT2D eigenvalue weighted by Gasteiger charge is -2.24. The van der Waals surface area contributed by atoms with E-state index in [1.54, 1.807) is 13.0 Å². The fourth-order valence-corrected chi connectivity index (χ4v) is 1.41. The van der Waals surface area contributed by atoms with Crippen molar-refractivity contribution in [2.24, 2.45) is 4.99 Å². The summed E-state index contributed by atoms with van der Waals surface area (Å²) in [6.07, 6.45) is 9.39. The van der Waals surface area contributed by atoms with Crippen molar-refractivity contribution in [2.75, 3.05) is 13.2 Å². The van der Waals surface area contributed by atoms with Gasteiger partial charge in [-0.3, -0.25) is 0 Å². The van der Waals surface area contributed by atoms with Crippen molar-refractivity contribution >= 4 is 11.8 Å². The molecule has 0 aromatic heterocycles. The maximum absolute atomic E-state index is 11.4. The summed E-state index contributed by atoms with van der Waals surface area (Å²) in [5.74, 6) is 0.427. The maximum atomic E-state index is 11.4. The van der Waals surface area contributed by atoms with E-state index in [4.69, 9.17) is 4.74 Å². The van der Waals surface area contributed by atoms with Crippen molar-refractivity contribution in [2.45, 2.75) is 6.92 Å². The highest BCUT2D eigenvalue weighted by molar-refractivity contribution is 6.01. The first-order chi connectivity index (χ1) is 7.31. The van der Waals surface area contributed by atoms with Gasteiger partial charge in [-0.15, -0.1) is 0 Å². The Labute approximate surface area is 88.2 Å². The molecule has 0 saturated carbocycles. The summed E-state index contributed by atoms with van der Waals surface area (Å²) in [6, 6.07) is 0. The number of aliphatic imine (C=N–C) groups is 1. The van der Waals surface area contributed by atoms with Gasteiger partial charge in [0.05, 0.1) is 6.61 Å². The van der Waals surface area contributed by atoms with Gasteiger partial charge in [-0.05, 0) is 25.2 Å². The molecule has 0 amide bonds. The highest BCUT2D eigenvalue weighted by Gasteiger charge is 2.18. The predicted octanol–water partition coefficient (Wildman–Crippen LogP) is 1.23. The molecule has 0 fully saturated rings. The van der Waals surface area contributed by atoms with Crippen LogP contribution in [0, 0.1) is 0 Å². The van der Waals surface area contributed by atoms with Gasteiger partial charge in [-0.2, -0.15) is 0 Å². The van der Waals surface area contributed by atoms with Crippen molar-refractivity contribution in [1.82, 2.24) is 4.90 Å². The van der Waals surface area contributed by atoms with Crippen LogP contribution in [0.1, 0.15) is 6.92 Å². The minimum Gasteiger partial charge on any atom is -0.461 e. The Balaban J connectivity index is 2.15. The Morgan fingerprint density at radius 1 is 1.60 bits per heavy atom. The predicted molar refractivity (Wildman–Crippen MR) is 57.1 cm³/mol. The van der Waals surface area contributed by atoms with Crippen molar-refractivity contribution in [1.29, 1.82) is 0 Å². The Morgan fingerprint density at radius 3 is 3.27 bits per heavy atom. The molecule has 78 valence electrons. The largest absolute Gasteiger partial charge is 0.461 e. The van der Waals surface area contributed by atoms with Crippen LogP contribution in [0.2, 0.25) is 0 Å². The molecule has 0 atom stereocenters. The van der Waals surface area contributed by atoms with Crippen molar-refractivity contribution in [3.63, 3.8) is 0 Å². The molecule has 0 unspecified atom stereocenters. The minimum absolute atomic E-state index is 0.354. The van der Waals surface area contributed by atoms with Gasteiger partial charge in [-0.1, -0.05) is 6.08 Å². The molecule has 2 aliphatic rings. The van der Waals surface area contributed by atoms with Gasteiger partial charge < -0.3 is 9.64 Å². The van der Waals surface area contributed by atoms with Gasteiger partial charge in [-0.25, -0.2) is 9.79 Å². The van der Waals surface area contributed by atoms with Crippen LogP contribution >= 0.6 is 0 Å². The smallest absolute Gasteiger partial charge is 0.356 e. The molecule has 2 heterocycles. The molecule has 0 aliphatic carbocycles. The fraction of sp³-hybridized carbons (Fsp3) is 0.273. The Kier molecular flexibility index (Phi) is 2.67. The van der Waals surface area contributed by atoms with Crippen molar-refractivity contribution in [3.05, 3.63) is 36.2 Å². The number of amidine groups is 1. The lowest BCUT2D eigenvalue weighted by Crippen LogP contribution is -2.30. The van der Waals surface area contributed by atoms with Crippen LogP contribution in [0.25, 0.3) is 0 Å². The molecule has 2 rings (SSSR count). The average molecular weight is 204 g/mol. The van der Waals surface area contributed by atoms with Crippen molar-refractivity contribution in [3.8, 4) is 0 Å². The third-order valence-corrected chi connectivity index (χ3v) is 2.12. The van der Waals surface area contributed by atoms with Crippen LogP contribution in [0.15, 0.2) is 41.2 Å². The average Bonchev–Trinajstić information content (AvgIpc) is 2.29. The minimum atomic E-state index is -0.354. The van der Waals surface area contributed by atoms with E-state index in [2.05, 4.69) is 4.99 Å². The first-order valence-corrected chi connectivity index (χ1v) is 4.88. The van der Waals surface area contributed by atoms with E-state index in [9.17, 15) is 4.79 Å². The van der Waals surface area contributed by atoms with E-state index in [0.717, 1.165) is 5.84 Å². The maximum Gasteiger partial charge on any atom is 0.356 e. The molecule has 0 bridgehead atoms. The number of esters is 1. The zero-order valence-electron chi connectivity index (χ0n) is 8.51. The monoisotopic (exact) mass is 204 g/mol. The van der Waals surface area contributed by atoms with Crippen LogP contribution in [0.4, 0.5) is 0 Å². The quantitative estimate of drug-likeness (QED) is 0.635. The summed E-state index contributed by atoms with van der Waals surface area (Å²) in [5.41, 5.74) is 0.392. The highest BCUT2D eigenvalue weighted by Crippen LogP contribution is 2.13. The van der Waals surface area contributed by atoms with Crippen LogP contribution in [-0.4, -0.2) is 29.9 Å². The molecule has 4 nitrogen and oxygen atoms in total. The van der Waals surface area contributed by atoms with Gasteiger partial charge >= 0.3 is 5.97 Å². The first-order valence-electron chi connectivity index (χ1n) is 4.88. The summed E-state index contributed by atoms with van der Waals surface area (Å²) < 4.78 is 4.89. The molecule has 0 saturated heterocycles. The van der Waals surface area contributed by atoms with Crippen LogP contribution in [0.3, 0.4) is 0 Å². The van der Waals surface area contributed by atoms with Gasteiger partial charge in [0.1, 0.15) is 11.5 Å². The first kappa shape index (κ1) is 9.71. The molecule has 2 aliphatic heterocycles. The van der Waals surface area contributed by atoms with E-state index < -0.39 is 0 Å². The number of hydrogen-bond acceptors (Lipinski definition) is 4. The Morgan fingerprint density at radius 2 is 2.47 bits per heavy atom. The second kappa shape index (κ2) is 4.13. The Bertz CT molecular complexity index is 391. The number of fused-ring (bicyclic) bond motifs is 1. The summed E-state index contributed by atoms with van der Waals surface area (Å²) in [4.78, 5) is 17.6. The second-order valence-corrected chi connectivity index (χ2v) is 3.13. The fourth-order valence-electron chi connectivity index (χ4n) is 1.41. The molecule has 0 spiro atoms. The molecule has 4 heteroatoms. The van der Waals surface area contributed by atoms with Gasteiger partial charge in [0, 0.05) is 12.7 Å². The van der Waals surface area contributed by atoms with E-state index >= 15 is 0 Å². The zero-order valence-corrected chi connectivity index (χ0v) is 8.51. The van der Waals surface area contributed by atoms with Crippen LogP contribution in [-0.2, 0) is 9.53 Å². The normalized spacial score (nSPS) is 18.1. The van der Waals surface area contributed by atoms with E-state index in [0.29, 0.717) is 18.8 Å². The van der Waals surface area contributed by atoms with Gasteiger partial charge in [0.25, 0.3) is 0 Å². The number of carbonyl (C=O) groups excluding carboxylic acids is 1. The van der Waals surface area contributed by atoms with E-state index in [1.165, 1.54) is 0 Å². The Hall–Kier alpha value is -1.84. The number of carbonyl (C=O) groups is 1. The molecular formula is C11H12N2O2. The lowest BCUT2D eigenvalue weighted by atomic mass is 10.2. The molecule has 0 N–H and O–H groups in total. The number of rotatable bonds is 2. The van der Waals surface area contributed by atoms with Gasteiger partial charge in [0.15, 0.2) is 0 Å². The van der Waals surface area contributed by atoms with Crippen LogP contribution in [0.5, 0.6) is 0 Å². The number of hydrogen-bond donors (Lipinski definition) is 0. The summed E-state index contributed by atoms with van der Waals surface area (Å²) >= 11 is 0. The standard InChI is InChI=1S/C11H12N2O2/c1-2-15-11(14)9-6-8-13-7-4-3-5-10(13)12-9/h3-7H,2,8H2,1H3. The molecule has 0 aromatic rings. The molecular weight excluding hydrogens is 192 g/mol. The second-order valence-electron chi connectivity index (χ2n) is 3.13. The van der Waals surface area contributed by atoms with E-state index in [1.807, 2.05) is 29.3 Å². The van der Waals surface area contributed by atoms with E-state index in [-0.39, 0.29) is 5.97 Å². The summed E-state index contributed by atoms with van der Waals surface area (Å²) in [5, 5.41) is 0. The number of allylic oxidation sites excluding steroid dienone is 2. The summed E-state index contributed by atoms with van der Waals surface area (Å²) in [7, 11) is 0. The third-order valence-electron chi connectivity index (χ3n) is 2.12. The SMILES string of the molecule is CCOC(=O)C1=CCN2C=CC=CC2=N1. The number of nitrogens with zero attached hydrogens (tertiary/aromatic N) is 2. The lowest BCUT2D eigenvalue weighted by molar-refractivity contribution is -0.138. The van der Waals surface area contributed by atoms with Crippen LogP contribution < -0.4 is 0 Å². The number of ether oxygens (including phenoxy) is 1. The van der Waals surface area contributed by atoms with Crippen molar-refractivity contribution < 1.29 is 9.53 Å². The topological polar surface area (TPSA) is 41.9 Å².